The molecule has 0 radical (unpaired) electrons. The van der Waals surface area contributed by atoms with Gasteiger partial charge in [0.25, 0.3) is 0 Å². The maximum absolute atomic E-state index is 2.48. The van der Waals surface area contributed by atoms with E-state index in [1.165, 1.54) is 37.2 Å². The SMILES string of the molecule is Cc1ccccc1N1CCCC1.[LiH]. The Labute approximate surface area is 92.3 Å². The van der Waals surface area contributed by atoms with Gasteiger partial charge in [-0.2, -0.15) is 0 Å². The summed E-state index contributed by atoms with van der Waals surface area (Å²) in [6, 6.07) is 8.64. The fourth-order valence-corrected chi connectivity index (χ4v) is 1.88. The molecule has 66 valence electrons. The van der Waals surface area contributed by atoms with Crippen molar-refractivity contribution in [2.75, 3.05) is 18.0 Å². The molecule has 2 rings (SSSR count). The first kappa shape index (κ1) is 10.7. The molecule has 1 fully saturated rings. The summed E-state index contributed by atoms with van der Waals surface area (Å²) < 4.78 is 0. The van der Waals surface area contributed by atoms with E-state index in [1.54, 1.807) is 0 Å². The molecular weight excluding hydrogens is 153 g/mol. The van der Waals surface area contributed by atoms with E-state index in [4.69, 9.17) is 0 Å². The number of anilines is 1. The number of aryl methyl sites for hydroxylation is 1. The Bertz CT molecular complexity index is 267. The van der Waals surface area contributed by atoms with Crippen LogP contribution < -0.4 is 4.90 Å². The summed E-state index contributed by atoms with van der Waals surface area (Å²) in [6.07, 6.45) is 2.71. The Kier molecular flexibility index (Phi) is 3.90. The molecule has 0 spiro atoms. The van der Waals surface area contributed by atoms with Crippen LogP contribution in [0.5, 0.6) is 0 Å². The topological polar surface area (TPSA) is 3.24 Å². The van der Waals surface area contributed by atoms with Gasteiger partial charge in [0.1, 0.15) is 0 Å². The van der Waals surface area contributed by atoms with Crippen LogP contribution in [0.15, 0.2) is 24.3 Å². The Balaban J connectivity index is 0.000000845. The van der Waals surface area contributed by atoms with Crippen LogP contribution in [0.25, 0.3) is 0 Å². The number of para-hydroxylation sites is 1. The normalized spacial score (nSPS) is 15.6. The van der Waals surface area contributed by atoms with E-state index in [0.717, 1.165) is 0 Å². The first-order valence-corrected chi connectivity index (χ1v) is 4.68. The summed E-state index contributed by atoms with van der Waals surface area (Å²) in [5, 5.41) is 0. The van der Waals surface area contributed by atoms with Gasteiger partial charge in [0.05, 0.1) is 0 Å². The van der Waals surface area contributed by atoms with Gasteiger partial charge in [0.2, 0.25) is 0 Å². The third kappa shape index (κ3) is 2.30. The first-order chi connectivity index (χ1) is 5.88. The Morgan fingerprint density at radius 3 is 2.31 bits per heavy atom. The summed E-state index contributed by atoms with van der Waals surface area (Å²) in [5.41, 5.74) is 2.83. The van der Waals surface area contributed by atoms with Crippen LogP contribution in [0.1, 0.15) is 18.4 Å². The molecular formula is C11H16LiN. The molecule has 1 aliphatic rings. The second kappa shape index (κ2) is 4.74. The van der Waals surface area contributed by atoms with Crippen LogP contribution in [0.4, 0.5) is 5.69 Å². The molecule has 0 aromatic heterocycles. The van der Waals surface area contributed by atoms with Gasteiger partial charge in [-0.25, -0.2) is 0 Å². The molecule has 1 nitrogen and oxygen atoms in total. The fraction of sp³-hybridized carbons (Fsp3) is 0.455. The Hall–Kier alpha value is -0.383. The number of hydrogen-bond donors (Lipinski definition) is 0. The summed E-state index contributed by atoms with van der Waals surface area (Å²) in [6.45, 7) is 4.67. The van der Waals surface area contributed by atoms with Crippen LogP contribution >= 0.6 is 0 Å². The molecule has 2 heteroatoms. The van der Waals surface area contributed by atoms with Gasteiger partial charge in [-0.1, -0.05) is 18.2 Å². The van der Waals surface area contributed by atoms with Crippen molar-refractivity contribution < 1.29 is 0 Å². The van der Waals surface area contributed by atoms with Crippen molar-refractivity contribution in [3.63, 3.8) is 0 Å². The molecule has 0 aliphatic carbocycles. The molecule has 0 N–H and O–H groups in total. The van der Waals surface area contributed by atoms with Gasteiger partial charge >= 0.3 is 18.9 Å². The first-order valence-electron chi connectivity index (χ1n) is 4.68. The van der Waals surface area contributed by atoms with Gasteiger partial charge in [-0.3, -0.25) is 0 Å². The number of hydrogen-bond acceptors (Lipinski definition) is 1. The number of benzene rings is 1. The predicted molar refractivity (Wildman–Crippen MR) is 59.8 cm³/mol. The second-order valence-electron chi connectivity index (χ2n) is 3.48. The second-order valence-corrected chi connectivity index (χ2v) is 3.48. The van der Waals surface area contributed by atoms with Gasteiger partial charge < -0.3 is 4.90 Å². The van der Waals surface area contributed by atoms with E-state index in [0.29, 0.717) is 0 Å². The predicted octanol–water partition coefficient (Wildman–Crippen LogP) is 1.95. The van der Waals surface area contributed by atoms with Crippen molar-refractivity contribution in [1.29, 1.82) is 0 Å². The zero-order valence-corrected chi connectivity index (χ0v) is 7.59. The third-order valence-electron chi connectivity index (χ3n) is 2.56. The van der Waals surface area contributed by atoms with E-state index in [1.807, 2.05) is 0 Å². The van der Waals surface area contributed by atoms with Gasteiger partial charge in [0.15, 0.2) is 0 Å². The summed E-state index contributed by atoms with van der Waals surface area (Å²) >= 11 is 0. The molecule has 0 amide bonds. The number of nitrogens with zero attached hydrogens (tertiary/aromatic N) is 1. The fourth-order valence-electron chi connectivity index (χ4n) is 1.88. The molecule has 1 aromatic rings. The monoisotopic (exact) mass is 169 g/mol. The molecule has 0 bridgehead atoms. The van der Waals surface area contributed by atoms with E-state index >= 15 is 0 Å². The molecule has 13 heavy (non-hydrogen) atoms. The Morgan fingerprint density at radius 2 is 1.69 bits per heavy atom. The quantitative estimate of drug-likeness (QED) is 0.581. The van der Waals surface area contributed by atoms with E-state index in [2.05, 4.69) is 36.1 Å². The van der Waals surface area contributed by atoms with Gasteiger partial charge in [0, 0.05) is 18.8 Å². The molecule has 1 saturated heterocycles. The zero-order valence-electron chi connectivity index (χ0n) is 7.59. The van der Waals surface area contributed by atoms with Crippen LogP contribution in [0.3, 0.4) is 0 Å². The average Bonchev–Trinajstić information content (AvgIpc) is 2.57. The minimum absolute atomic E-state index is 0. The van der Waals surface area contributed by atoms with Crippen molar-refractivity contribution in [2.24, 2.45) is 0 Å². The van der Waals surface area contributed by atoms with Gasteiger partial charge in [-0.05, 0) is 31.4 Å². The maximum atomic E-state index is 2.48. The Morgan fingerprint density at radius 1 is 1.08 bits per heavy atom. The van der Waals surface area contributed by atoms with E-state index in [9.17, 15) is 0 Å². The summed E-state index contributed by atoms with van der Waals surface area (Å²) in [5.74, 6) is 0. The molecule has 0 atom stereocenters. The van der Waals surface area contributed by atoms with Crippen molar-refractivity contribution in [2.45, 2.75) is 19.8 Å². The molecule has 0 saturated carbocycles. The molecule has 1 heterocycles. The van der Waals surface area contributed by atoms with Crippen LogP contribution in [-0.2, 0) is 0 Å². The van der Waals surface area contributed by atoms with Crippen LogP contribution in [-0.4, -0.2) is 32.0 Å². The molecule has 0 unspecified atom stereocenters. The minimum atomic E-state index is 0. The standard InChI is InChI=1S/C11H15N.Li.H/c1-10-6-2-3-7-11(10)12-8-4-5-9-12;;/h2-3,6-7H,4-5,8-9H2,1H3;;. The molecule has 1 aromatic carbocycles. The van der Waals surface area contributed by atoms with Gasteiger partial charge in [-0.15, -0.1) is 0 Å². The number of rotatable bonds is 1. The van der Waals surface area contributed by atoms with E-state index in [-0.39, 0.29) is 18.9 Å². The zero-order chi connectivity index (χ0) is 8.39. The van der Waals surface area contributed by atoms with Crippen molar-refractivity contribution in [3.8, 4) is 0 Å². The van der Waals surface area contributed by atoms with Crippen LogP contribution in [0, 0.1) is 6.92 Å². The van der Waals surface area contributed by atoms with Crippen molar-refractivity contribution >= 4 is 24.5 Å². The van der Waals surface area contributed by atoms with Crippen molar-refractivity contribution in [1.82, 2.24) is 0 Å². The van der Waals surface area contributed by atoms with E-state index < -0.39 is 0 Å². The van der Waals surface area contributed by atoms with Crippen molar-refractivity contribution in [3.05, 3.63) is 29.8 Å². The van der Waals surface area contributed by atoms with Crippen LogP contribution in [0.2, 0.25) is 0 Å². The average molecular weight is 169 g/mol. The molecule has 1 aliphatic heterocycles. The third-order valence-corrected chi connectivity index (χ3v) is 2.56. The summed E-state index contributed by atoms with van der Waals surface area (Å²) in [4.78, 5) is 2.48. The summed E-state index contributed by atoms with van der Waals surface area (Å²) in [7, 11) is 0.